The summed E-state index contributed by atoms with van der Waals surface area (Å²) in [5.74, 6) is 0.891. The van der Waals surface area contributed by atoms with E-state index in [0.717, 1.165) is 47.9 Å². The second kappa shape index (κ2) is 11.8. The fraction of sp³-hybridized carbons (Fsp3) is 0.353. The van der Waals surface area contributed by atoms with Gasteiger partial charge in [0.25, 0.3) is 0 Å². The normalized spacial score (nSPS) is 13.7. The molecule has 1 aliphatic carbocycles. The van der Waals surface area contributed by atoms with E-state index in [4.69, 9.17) is 8.92 Å². The lowest BCUT2D eigenvalue weighted by molar-refractivity contribution is 0.308. The minimum Gasteiger partial charge on any atom is -0.493 e. The van der Waals surface area contributed by atoms with Gasteiger partial charge in [0.05, 0.1) is 6.61 Å². The van der Waals surface area contributed by atoms with Crippen molar-refractivity contribution in [1.82, 2.24) is 0 Å². The number of aryl methyl sites for hydroxylation is 2. The third-order valence-corrected chi connectivity index (χ3v) is 8.16. The molecule has 39 heavy (non-hydrogen) atoms. The fourth-order valence-corrected chi connectivity index (χ4v) is 5.58. The van der Waals surface area contributed by atoms with Gasteiger partial charge < -0.3 is 8.92 Å². The summed E-state index contributed by atoms with van der Waals surface area (Å²) in [6.45, 7) is 13.4. The Morgan fingerprint density at radius 2 is 1.69 bits per heavy atom. The Labute approximate surface area is 234 Å². The molecule has 0 atom stereocenters. The Kier molecular flexibility index (Phi) is 8.70. The largest absolute Gasteiger partial charge is 0.493 e. The number of unbranched alkanes of at least 4 members (excludes halogenated alkanes) is 1. The summed E-state index contributed by atoms with van der Waals surface area (Å²) in [5.41, 5.74) is 7.92. The zero-order valence-electron chi connectivity index (χ0n) is 24.0. The molecule has 3 aromatic rings. The smallest absolute Gasteiger partial charge is 0.339 e. The van der Waals surface area contributed by atoms with E-state index in [1.165, 1.54) is 16.7 Å². The summed E-state index contributed by atoms with van der Waals surface area (Å²) in [7, 11) is -4.02. The van der Waals surface area contributed by atoms with Gasteiger partial charge in [-0.3, -0.25) is 0 Å². The van der Waals surface area contributed by atoms with E-state index in [1.807, 2.05) is 19.1 Å². The van der Waals surface area contributed by atoms with Crippen LogP contribution in [0.3, 0.4) is 0 Å². The molecule has 0 bridgehead atoms. The lowest BCUT2D eigenvalue weighted by atomic mass is 9.83. The first-order chi connectivity index (χ1) is 18.5. The lowest BCUT2D eigenvalue weighted by Gasteiger charge is -2.22. The summed E-state index contributed by atoms with van der Waals surface area (Å²) >= 11 is 0. The molecule has 0 N–H and O–H groups in total. The molecule has 206 valence electrons. The average Bonchev–Trinajstić information content (AvgIpc) is 2.88. The Balaban J connectivity index is 1.75. The van der Waals surface area contributed by atoms with Gasteiger partial charge in [-0.15, -0.1) is 0 Å². The van der Waals surface area contributed by atoms with Crippen molar-refractivity contribution < 1.29 is 17.3 Å². The minimum absolute atomic E-state index is 0.0982. The van der Waals surface area contributed by atoms with E-state index in [2.05, 4.69) is 65.0 Å². The summed E-state index contributed by atoms with van der Waals surface area (Å²) in [5, 5.41) is 0. The molecular formula is C34H40O4S. The monoisotopic (exact) mass is 544 g/mol. The summed E-state index contributed by atoms with van der Waals surface area (Å²) in [6.07, 6.45) is 10.3. The standard InChI is InChI=1S/C34H40O4S/c1-7-8-21-37-28-14-18-32(33(23-28)38-39(35,36)29-15-9-24(2)10-16-29)27-13-17-31-26(22-27)12-11-25(3)30(31)19-20-34(4,5)6/h9-12,14-16,18-20,22-23H,7-8,13,17,21H2,1-6H3/b20-19-. The second-order valence-electron chi connectivity index (χ2n) is 11.4. The number of fused-ring (bicyclic) bond motifs is 1. The predicted molar refractivity (Wildman–Crippen MR) is 162 cm³/mol. The summed E-state index contributed by atoms with van der Waals surface area (Å²) in [4.78, 5) is 0.130. The van der Waals surface area contributed by atoms with Crippen LogP contribution in [0.5, 0.6) is 11.5 Å². The van der Waals surface area contributed by atoms with Crippen LogP contribution in [0.25, 0.3) is 17.7 Å². The van der Waals surface area contributed by atoms with Crippen LogP contribution in [0.1, 0.15) is 80.3 Å². The number of hydrogen-bond acceptors (Lipinski definition) is 4. The lowest BCUT2D eigenvalue weighted by Crippen LogP contribution is -2.12. The van der Waals surface area contributed by atoms with E-state index < -0.39 is 10.1 Å². The van der Waals surface area contributed by atoms with E-state index in [0.29, 0.717) is 18.1 Å². The van der Waals surface area contributed by atoms with Crippen LogP contribution in [0, 0.1) is 19.3 Å². The Morgan fingerprint density at radius 3 is 2.38 bits per heavy atom. The highest BCUT2D eigenvalue weighted by molar-refractivity contribution is 7.87. The maximum atomic E-state index is 13.3. The van der Waals surface area contributed by atoms with Crippen molar-refractivity contribution in [2.75, 3.05) is 6.61 Å². The molecule has 5 heteroatoms. The van der Waals surface area contributed by atoms with Gasteiger partial charge in [0.15, 0.2) is 5.75 Å². The van der Waals surface area contributed by atoms with Crippen molar-refractivity contribution in [2.24, 2.45) is 5.41 Å². The number of ether oxygens (including phenoxy) is 1. The molecule has 3 aromatic carbocycles. The number of benzene rings is 3. The van der Waals surface area contributed by atoms with Crippen molar-refractivity contribution in [2.45, 2.75) is 72.1 Å². The molecule has 0 saturated heterocycles. The van der Waals surface area contributed by atoms with Gasteiger partial charge in [-0.25, -0.2) is 0 Å². The second-order valence-corrected chi connectivity index (χ2v) is 13.0. The van der Waals surface area contributed by atoms with Crippen LogP contribution in [0.4, 0.5) is 0 Å². The van der Waals surface area contributed by atoms with Gasteiger partial charge in [-0.2, -0.15) is 8.42 Å². The first-order valence-corrected chi connectivity index (χ1v) is 15.2. The van der Waals surface area contributed by atoms with Crippen molar-refractivity contribution in [3.05, 3.63) is 94.1 Å². The highest BCUT2D eigenvalue weighted by Gasteiger charge is 2.23. The van der Waals surface area contributed by atoms with Crippen molar-refractivity contribution in [3.63, 3.8) is 0 Å². The van der Waals surface area contributed by atoms with Crippen molar-refractivity contribution >= 4 is 27.8 Å². The number of hydrogen-bond donors (Lipinski definition) is 0. The molecule has 0 fully saturated rings. The van der Waals surface area contributed by atoms with Crippen LogP contribution < -0.4 is 8.92 Å². The Morgan fingerprint density at radius 1 is 0.949 bits per heavy atom. The highest BCUT2D eigenvalue weighted by Crippen LogP contribution is 2.40. The van der Waals surface area contributed by atoms with Gasteiger partial charge in [-0.05, 0) is 90.6 Å². The van der Waals surface area contributed by atoms with E-state index in [1.54, 1.807) is 30.3 Å². The molecule has 0 heterocycles. The molecule has 0 saturated carbocycles. The Hall–Kier alpha value is -3.31. The predicted octanol–water partition coefficient (Wildman–Crippen LogP) is 8.80. The van der Waals surface area contributed by atoms with Gasteiger partial charge in [0.1, 0.15) is 10.6 Å². The van der Waals surface area contributed by atoms with Gasteiger partial charge in [-0.1, -0.05) is 82.2 Å². The van der Waals surface area contributed by atoms with Crippen LogP contribution in [-0.4, -0.2) is 15.0 Å². The zero-order valence-corrected chi connectivity index (χ0v) is 24.8. The van der Waals surface area contributed by atoms with Crippen molar-refractivity contribution in [3.8, 4) is 11.5 Å². The van der Waals surface area contributed by atoms with Gasteiger partial charge >= 0.3 is 10.1 Å². The molecular weight excluding hydrogens is 504 g/mol. The van der Waals surface area contributed by atoms with Crippen LogP contribution >= 0.6 is 0 Å². The molecule has 0 radical (unpaired) electrons. The zero-order chi connectivity index (χ0) is 28.2. The molecule has 0 aromatic heterocycles. The summed E-state index contributed by atoms with van der Waals surface area (Å²) in [6, 6.07) is 16.6. The quantitative estimate of drug-likeness (QED) is 0.199. The maximum absolute atomic E-state index is 13.3. The Bertz CT molecular complexity index is 1490. The third kappa shape index (κ3) is 7.21. The topological polar surface area (TPSA) is 52.6 Å². The molecule has 0 unspecified atom stereocenters. The first kappa shape index (κ1) is 28.7. The van der Waals surface area contributed by atoms with Gasteiger partial charge in [0.2, 0.25) is 0 Å². The van der Waals surface area contributed by atoms with Gasteiger partial charge in [0, 0.05) is 11.6 Å². The van der Waals surface area contributed by atoms with Crippen LogP contribution in [0.2, 0.25) is 0 Å². The highest BCUT2D eigenvalue weighted by atomic mass is 32.2. The number of allylic oxidation sites excluding steroid dienone is 2. The van der Waals surface area contributed by atoms with E-state index in [-0.39, 0.29) is 10.3 Å². The summed E-state index contributed by atoms with van der Waals surface area (Å²) < 4.78 is 38.2. The minimum atomic E-state index is -4.02. The molecule has 4 rings (SSSR count). The maximum Gasteiger partial charge on any atom is 0.339 e. The molecule has 1 aliphatic rings. The first-order valence-electron chi connectivity index (χ1n) is 13.8. The average molecular weight is 545 g/mol. The third-order valence-electron chi connectivity index (χ3n) is 6.91. The molecule has 0 amide bonds. The molecule has 0 aliphatic heterocycles. The van der Waals surface area contributed by atoms with Crippen LogP contribution in [-0.2, 0) is 16.5 Å². The van der Waals surface area contributed by atoms with E-state index >= 15 is 0 Å². The van der Waals surface area contributed by atoms with Crippen LogP contribution in [0.15, 0.2) is 65.6 Å². The fourth-order valence-electron chi connectivity index (χ4n) is 4.64. The van der Waals surface area contributed by atoms with Crippen molar-refractivity contribution in [1.29, 1.82) is 0 Å². The molecule has 0 spiro atoms. The van der Waals surface area contributed by atoms with E-state index in [9.17, 15) is 8.42 Å². The SMILES string of the molecule is CCCCOc1ccc(C2=Cc3ccc(C)c(/C=C\C(C)(C)C)c3CC2)c(OS(=O)(=O)c2ccc(C)cc2)c1. The molecule has 4 nitrogen and oxygen atoms in total. The number of rotatable bonds is 9.